The smallest absolute Gasteiger partial charge is 0.123 e. The Morgan fingerprint density at radius 1 is 1.38 bits per heavy atom. The minimum absolute atomic E-state index is 0.184. The van der Waals surface area contributed by atoms with Crippen LogP contribution in [0.25, 0.3) is 0 Å². The Bertz CT molecular complexity index is 356. The Kier molecular flexibility index (Phi) is 4.86. The summed E-state index contributed by atoms with van der Waals surface area (Å²) in [7, 11) is 0. The minimum atomic E-state index is -0.758. The van der Waals surface area contributed by atoms with Crippen LogP contribution in [-0.2, 0) is 6.54 Å². The lowest BCUT2D eigenvalue weighted by molar-refractivity contribution is 0.103. The van der Waals surface area contributed by atoms with E-state index in [9.17, 15) is 4.39 Å². The molecular weight excluding hydrogens is 277 g/mol. The highest BCUT2D eigenvalue weighted by Gasteiger charge is 2.21. The fourth-order valence-corrected chi connectivity index (χ4v) is 1.54. The Morgan fingerprint density at radius 2 is 2.00 bits per heavy atom. The molecule has 0 aliphatic rings. The average Bonchev–Trinajstić information content (AvgIpc) is 2.30. The van der Waals surface area contributed by atoms with Crippen molar-refractivity contribution in [2.24, 2.45) is 0 Å². The van der Waals surface area contributed by atoms with E-state index in [-0.39, 0.29) is 19.0 Å². The van der Waals surface area contributed by atoms with E-state index in [0.717, 1.165) is 10.0 Å². The summed E-state index contributed by atoms with van der Waals surface area (Å²) in [6, 6.07) is 4.40. The molecule has 1 aromatic carbocycles. The van der Waals surface area contributed by atoms with Gasteiger partial charge in [-0.05, 0) is 30.7 Å². The number of rotatable bonds is 5. The molecule has 3 N–H and O–H groups in total. The second-order valence-corrected chi connectivity index (χ2v) is 4.82. The van der Waals surface area contributed by atoms with Crippen molar-refractivity contribution in [1.82, 2.24) is 5.32 Å². The van der Waals surface area contributed by atoms with Gasteiger partial charge in [-0.15, -0.1) is 0 Å². The largest absolute Gasteiger partial charge is 0.394 e. The van der Waals surface area contributed by atoms with Gasteiger partial charge in [-0.3, -0.25) is 0 Å². The summed E-state index contributed by atoms with van der Waals surface area (Å²) in [6.45, 7) is 1.70. The molecule has 0 spiro atoms. The molecule has 0 amide bonds. The molecule has 0 aliphatic heterocycles. The monoisotopic (exact) mass is 291 g/mol. The van der Waals surface area contributed by atoms with Crippen molar-refractivity contribution in [3.63, 3.8) is 0 Å². The van der Waals surface area contributed by atoms with Gasteiger partial charge in [-0.25, -0.2) is 4.39 Å². The van der Waals surface area contributed by atoms with E-state index < -0.39 is 5.54 Å². The van der Waals surface area contributed by atoms with E-state index >= 15 is 0 Å². The van der Waals surface area contributed by atoms with Gasteiger partial charge in [0.1, 0.15) is 5.82 Å². The molecule has 0 aliphatic carbocycles. The van der Waals surface area contributed by atoms with E-state index in [1.165, 1.54) is 12.1 Å². The van der Waals surface area contributed by atoms with Crippen molar-refractivity contribution < 1.29 is 14.6 Å². The Morgan fingerprint density at radius 3 is 2.56 bits per heavy atom. The van der Waals surface area contributed by atoms with Crippen molar-refractivity contribution in [1.29, 1.82) is 0 Å². The summed E-state index contributed by atoms with van der Waals surface area (Å²) in [5, 5.41) is 21.1. The van der Waals surface area contributed by atoms with Crippen molar-refractivity contribution in [3.05, 3.63) is 34.1 Å². The molecule has 0 saturated heterocycles. The lowest BCUT2D eigenvalue weighted by atomic mass is 10.0. The highest BCUT2D eigenvalue weighted by molar-refractivity contribution is 9.10. The molecule has 16 heavy (non-hydrogen) atoms. The van der Waals surface area contributed by atoms with Crippen LogP contribution in [0.5, 0.6) is 0 Å². The lowest BCUT2D eigenvalue weighted by Crippen LogP contribution is -2.48. The lowest BCUT2D eigenvalue weighted by Gasteiger charge is -2.26. The van der Waals surface area contributed by atoms with Gasteiger partial charge in [-0.1, -0.05) is 15.9 Å². The summed E-state index contributed by atoms with van der Waals surface area (Å²) >= 11 is 3.31. The van der Waals surface area contributed by atoms with Crippen molar-refractivity contribution in [3.8, 4) is 0 Å². The van der Waals surface area contributed by atoms with E-state index in [4.69, 9.17) is 10.2 Å². The van der Waals surface area contributed by atoms with Gasteiger partial charge in [-0.2, -0.15) is 0 Å². The first-order valence-electron chi connectivity index (χ1n) is 4.91. The third-order valence-electron chi connectivity index (χ3n) is 2.41. The number of hydrogen-bond donors (Lipinski definition) is 3. The maximum atomic E-state index is 13.0. The van der Waals surface area contributed by atoms with Crippen molar-refractivity contribution in [2.75, 3.05) is 13.2 Å². The van der Waals surface area contributed by atoms with Crippen LogP contribution in [0.4, 0.5) is 4.39 Å². The molecule has 90 valence electrons. The third-order valence-corrected chi connectivity index (χ3v) is 3.18. The first kappa shape index (κ1) is 13.6. The van der Waals surface area contributed by atoms with Gasteiger partial charge in [0, 0.05) is 11.0 Å². The Labute approximate surface area is 102 Å². The summed E-state index contributed by atoms with van der Waals surface area (Å²) in [5.41, 5.74) is -0.0145. The van der Waals surface area contributed by atoms with Crippen molar-refractivity contribution >= 4 is 15.9 Å². The number of nitrogens with one attached hydrogen (secondary N) is 1. The van der Waals surface area contributed by atoms with Gasteiger partial charge in [0.05, 0.1) is 18.8 Å². The maximum Gasteiger partial charge on any atom is 0.123 e. The summed E-state index contributed by atoms with van der Waals surface area (Å²) in [6.07, 6.45) is 0. The normalized spacial score (nSPS) is 11.8. The van der Waals surface area contributed by atoms with E-state index in [0.29, 0.717) is 6.54 Å². The van der Waals surface area contributed by atoms with E-state index in [2.05, 4.69) is 21.2 Å². The number of aliphatic hydroxyl groups is 2. The maximum absolute atomic E-state index is 13.0. The number of halogens is 2. The van der Waals surface area contributed by atoms with Crippen LogP contribution in [0.2, 0.25) is 0 Å². The zero-order chi connectivity index (χ0) is 12.2. The minimum Gasteiger partial charge on any atom is -0.394 e. The molecule has 0 unspecified atom stereocenters. The SMILES string of the molecule is CC(CO)(CO)NCc1cc(F)ccc1Br. The highest BCUT2D eigenvalue weighted by Crippen LogP contribution is 2.18. The highest BCUT2D eigenvalue weighted by atomic mass is 79.9. The second kappa shape index (κ2) is 5.72. The number of benzene rings is 1. The topological polar surface area (TPSA) is 52.5 Å². The van der Waals surface area contributed by atoms with Crippen LogP contribution < -0.4 is 5.32 Å². The molecule has 1 rings (SSSR count). The molecule has 0 saturated carbocycles. The van der Waals surface area contributed by atoms with Crippen molar-refractivity contribution in [2.45, 2.75) is 19.0 Å². The molecule has 0 bridgehead atoms. The number of aliphatic hydroxyl groups excluding tert-OH is 2. The quantitative estimate of drug-likeness (QED) is 0.769. The fourth-order valence-electron chi connectivity index (χ4n) is 1.15. The third kappa shape index (κ3) is 3.52. The molecule has 0 fully saturated rings. The van der Waals surface area contributed by atoms with Gasteiger partial charge in [0.25, 0.3) is 0 Å². The molecule has 0 heterocycles. The predicted octanol–water partition coefficient (Wildman–Crippen LogP) is 1.42. The van der Waals surface area contributed by atoms with Crippen LogP contribution >= 0.6 is 15.9 Å². The first-order chi connectivity index (χ1) is 7.50. The average molecular weight is 292 g/mol. The molecule has 3 nitrogen and oxygen atoms in total. The standard InChI is InChI=1S/C11H15BrFNO2/c1-11(6-15,7-16)14-5-8-4-9(13)2-3-10(8)12/h2-4,14-16H,5-7H2,1H3. The first-order valence-corrected chi connectivity index (χ1v) is 5.71. The molecular formula is C11H15BrFNO2. The molecule has 1 aromatic rings. The van der Waals surface area contributed by atoms with Crippen LogP contribution in [0.3, 0.4) is 0 Å². The Hall–Kier alpha value is -0.490. The molecule has 5 heteroatoms. The Balaban J connectivity index is 2.70. The van der Waals surface area contributed by atoms with E-state index in [1.54, 1.807) is 13.0 Å². The van der Waals surface area contributed by atoms with Gasteiger partial charge < -0.3 is 15.5 Å². The molecule has 0 aromatic heterocycles. The van der Waals surface area contributed by atoms with Gasteiger partial charge >= 0.3 is 0 Å². The summed E-state index contributed by atoms with van der Waals surface area (Å²) < 4.78 is 13.8. The van der Waals surface area contributed by atoms with Gasteiger partial charge in [0.15, 0.2) is 0 Å². The predicted molar refractivity (Wildman–Crippen MR) is 63.5 cm³/mol. The number of hydrogen-bond acceptors (Lipinski definition) is 3. The van der Waals surface area contributed by atoms with E-state index in [1.807, 2.05) is 0 Å². The second-order valence-electron chi connectivity index (χ2n) is 3.97. The zero-order valence-corrected chi connectivity index (χ0v) is 10.6. The summed E-state index contributed by atoms with van der Waals surface area (Å²) in [5.74, 6) is -0.310. The zero-order valence-electron chi connectivity index (χ0n) is 9.00. The van der Waals surface area contributed by atoms with Crippen LogP contribution in [0, 0.1) is 5.82 Å². The van der Waals surface area contributed by atoms with Crippen LogP contribution in [0.1, 0.15) is 12.5 Å². The van der Waals surface area contributed by atoms with Gasteiger partial charge in [0.2, 0.25) is 0 Å². The van der Waals surface area contributed by atoms with Crippen LogP contribution in [0.15, 0.2) is 22.7 Å². The fraction of sp³-hybridized carbons (Fsp3) is 0.455. The molecule has 0 atom stereocenters. The molecule has 0 radical (unpaired) electrons. The summed E-state index contributed by atoms with van der Waals surface area (Å²) in [4.78, 5) is 0. The van der Waals surface area contributed by atoms with Crippen LogP contribution in [-0.4, -0.2) is 29.0 Å².